The summed E-state index contributed by atoms with van der Waals surface area (Å²) in [7, 11) is 0.759. The van der Waals surface area contributed by atoms with Crippen molar-refractivity contribution in [1.29, 1.82) is 0 Å². The first-order valence-corrected chi connectivity index (χ1v) is 9.44. The van der Waals surface area contributed by atoms with Gasteiger partial charge in [-0.25, -0.2) is 0 Å². The number of aryl methyl sites for hydroxylation is 1. The Hall–Kier alpha value is -1.69. The minimum Gasteiger partial charge on any atom is -0.295 e. The summed E-state index contributed by atoms with van der Waals surface area (Å²) in [5.74, 6) is 0. The lowest BCUT2D eigenvalue weighted by molar-refractivity contribution is 0.684. The largest absolute Gasteiger partial charge is 0.295 e. The second-order valence-electron chi connectivity index (χ2n) is 6.16. The molecule has 0 aliphatic rings. The Bertz CT molecular complexity index is 767. The fourth-order valence-corrected chi connectivity index (χ4v) is 4.13. The summed E-state index contributed by atoms with van der Waals surface area (Å²) >= 11 is 0. The van der Waals surface area contributed by atoms with Crippen molar-refractivity contribution in [3.63, 3.8) is 0 Å². The number of benzene rings is 3. The van der Waals surface area contributed by atoms with Crippen LogP contribution in [0.1, 0.15) is 23.6 Å². The van der Waals surface area contributed by atoms with Crippen LogP contribution in [0, 0.1) is 6.92 Å². The summed E-state index contributed by atoms with van der Waals surface area (Å²) in [6.45, 7) is 4.52. The monoisotopic (exact) mass is 321 g/mol. The lowest BCUT2D eigenvalue weighted by Crippen LogP contribution is -2.20. The lowest BCUT2D eigenvalue weighted by Gasteiger charge is -2.15. The Morgan fingerprint density at radius 3 is 2.48 bits per heavy atom. The van der Waals surface area contributed by atoms with Crippen LogP contribution in [0.4, 0.5) is 0 Å². The molecule has 2 atom stereocenters. The zero-order chi connectivity index (χ0) is 16.1. The average Bonchev–Trinajstić information content (AvgIpc) is 2.58. The summed E-state index contributed by atoms with van der Waals surface area (Å²) < 4.78 is 0. The molecular formula is C21H24NP. The van der Waals surface area contributed by atoms with Gasteiger partial charge < -0.3 is 0 Å². The van der Waals surface area contributed by atoms with Gasteiger partial charge in [-0.3, -0.25) is 5.09 Å². The van der Waals surface area contributed by atoms with E-state index >= 15 is 0 Å². The Morgan fingerprint density at radius 1 is 0.913 bits per heavy atom. The first-order chi connectivity index (χ1) is 11.2. The molecule has 2 unspecified atom stereocenters. The number of hydrogen-bond donors (Lipinski definition) is 1. The Balaban J connectivity index is 1.57. The maximum atomic E-state index is 3.68. The molecule has 0 aliphatic carbocycles. The van der Waals surface area contributed by atoms with Crippen LogP contribution >= 0.6 is 8.73 Å². The van der Waals surface area contributed by atoms with Crippen LogP contribution in [0.5, 0.6) is 0 Å². The van der Waals surface area contributed by atoms with E-state index in [9.17, 15) is 0 Å². The van der Waals surface area contributed by atoms with Gasteiger partial charge >= 0.3 is 0 Å². The first kappa shape index (κ1) is 16.2. The SMILES string of the molecule is Cc1c(CPNC(C)Cc2ccccc2)ccc2ccccc12. The van der Waals surface area contributed by atoms with Crippen LogP contribution in [-0.2, 0) is 12.6 Å². The summed E-state index contributed by atoms with van der Waals surface area (Å²) in [6.07, 6.45) is 2.19. The van der Waals surface area contributed by atoms with Crippen LogP contribution in [0.25, 0.3) is 10.8 Å². The third-order valence-corrected chi connectivity index (χ3v) is 5.58. The average molecular weight is 321 g/mol. The van der Waals surface area contributed by atoms with Gasteiger partial charge in [-0.05, 0) is 56.5 Å². The van der Waals surface area contributed by atoms with Crippen LogP contribution in [0.3, 0.4) is 0 Å². The molecule has 0 saturated heterocycles. The van der Waals surface area contributed by atoms with E-state index in [1.165, 1.54) is 27.5 Å². The predicted octanol–water partition coefficient (Wildman–Crippen LogP) is 5.46. The molecule has 1 nitrogen and oxygen atoms in total. The predicted molar refractivity (Wildman–Crippen MR) is 103 cm³/mol. The molecule has 2 heteroatoms. The molecule has 0 aliphatic heterocycles. The zero-order valence-electron chi connectivity index (χ0n) is 13.8. The quantitative estimate of drug-likeness (QED) is 0.594. The summed E-state index contributed by atoms with van der Waals surface area (Å²) in [5.41, 5.74) is 4.29. The molecule has 3 aromatic carbocycles. The van der Waals surface area contributed by atoms with E-state index in [2.05, 4.69) is 85.7 Å². The van der Waals surface area contributed by atoms with Crippen molar-refractivity contribution in [2.75, 3.05) is 0 Å². The fourth-order valence-electron chi connectivity index (χ4n) is 3.00. The standard InChI is InChI=1S/C21H24NP/c1-16(14-18-8-4-3-5-9-18)22-23-15-20-13-12-19-10-6-7-11-21(19)17(20)2/h3-13,16,22-23H,14-15H2,1-2H3. The first-order valence-electron chi connectivity index (χ1n) is 8.23. The molecule has 3 aromatic rings. The van der Waals surface area contributed by atoms with E-state index in [0.717, 1.165) is 21.3 Å². The number of hydrogen-bond acceptors (Lipinski definition) is 1. The minimum atomic E-state index is 0.511. The molecule has 1 N–H and O–H groups in total. The second kappa shape index (κ2) is 7.73. The molecule has 0 spiro atoms. The highest BCUT2D eigenvalue weighted by atomic mass is 31.1. The van der Waals surface area contributed by atoms with Gasteiger partial charge in [0, 0.05) is 12.2 Å². The minimum absolute atomic E-state index is 0.511. The smallest absolute Gasteiger partial charge is 0.0113 e. The highest BCUT2D eigenvalue weighted by Crippen LogP contribution is 2.26. The molecule has 0 amide bonds. The molecule has 118 valence electrons. The molecule has 0 aromatic heterocycles. The van der Waals surface area contributed by atoms with Gasteiger partial charge in [0.2, 0.25) is 0 Å². The van der Waals surface area contributed by atoms with E-state index < -0.39 is 0 Å². The maximum absolute atomic E-state index is 3.68. The Labute approximate surface area is 141 Å². The second-order valence-corrected chi connectivity index (χ2v) is 7.16. The van der Waals surface area contributed by atoms with Crippen molar-refractivity contribution in [2.45, 2.75) is 32.5 Å². The third-order valence-electron chi connectivity index (χ3n) is 4.32. The normalized spacial score (nSPS) is 13.0. The highest BCUT2D eigenvalue weighted by molar-refractivity contribution is 7.34. The van der Waals surface area contributed by atoms with E-state index in [0.29, 0.717) is 6.04 Å². The van der Waals surface area contributed by atoms with Gasteiger partial charge in [0.1, 0.15) is 0 Å². The zero-order valence-corrected chi connectivity index (χ0v) is 14.8. The molecule has 0 bridgehead atoms. The van der Waals surface area contributed by atoms with Crippen molar-refractivity contribution >= 4 is 19.5 Å². The van der Waals surface area contributed by atoms with Gasteiger partial charge in [-0.1, -0.05) is 66.7 Å². The topological polar surface area (TPSA) is 12.0 Å². The van der Waals surface area contributed by atoms with E-state index in [-0.39, 0.29) is 0 Å². The summed E-state index contributed by atoms with van der Waals surface area (Å²) in [4.78, 5) is 0. The van der Waals surface area contributed by atoms with Crippen LogP contribution in [-0.4, -0.2) is 6.04 Å². The van der Waals surface area contributed by atoms with Gasteiger partial charge in [0.05, 0.1) is 0 Å². The van der Waals surface area contributed by atoms with Crippen molar-refractivity contribution < 1.29 is 0 Å². The van der Waals surface area contributed by atoms with Crippen molar-refractivity contribution in [1.82, 2.24) is 5.09 Å². The van der Waals surface area contributed by atoms with E-state index in [1.54, 1.807) is 0 Å². The molecule has 3 rings (SSSR count). The Morgan fingerprint density at radius 2 is 1.65 bits per heavy atom. The van der Waals surface area contributed by atoms with Crippen molar-refractivity contribution in [2.24, 2.45) is 0 Å². The van der Waals surface area contributed by atoms with Gasteiger partial charge in [-0.2, -0.15) is 0 Å². The van der Waals surface area contributed by atoms with Crippen LogP contribution in [0.15, 0.2) is 66.7 Å². The molecule has 0 saturated carbocycles. The van der Waals surface area contributed by atoms with Crippen molar-refractivity contribution in [3.05, 3.63) is 83.4 Å². The fraction of sp³-hybridized carbons (Fsp3) is 0.238. The van der Waals surface area contributed by atoms with E-state index in [4.69, 9.17) is 0 Å². The number of rotatable bonds is 6. The van der Waals surface area contributed by atoms with Crippen molar-refractivity contribution in [3.8, 4) is 0 Å². The summed E-state index contributed by atoms with van der Waals surface area (Å²) in [5, 5.41) is 6.40. The lowest BCUT2D eigenvalue weighted by atomic mass is 10.0. The van der Waals surface area contributed by atoms with Gasteiger partial charge in [0.15, 0.2) is 0 Å². The molecule has 0 fully saturated rings. The number of fused-ring (bicyclic) bond motifs is 1. The number of nitrogens with one attached hydrogen (secondary N) is 1. The molecular weight excluding hydrogens is 297 g/mol. The summed E-state index contributed by atoms with van der Waals surface area (Å²) in [6, 6.07) is 24.4. The third kappa shape index (κ3) is 4.19. The van der Waals surface area contributed by atoms with Crippen LogP contribution < -0.4 is 5.09 Å². The van der Waals surface area contributed by atoms with E-state index in [1.807, 2.05) is 0 Å². The van der Waals surface area contributed by atoms with Gasteiger partial charge in [-0.15, -0.1) is 0 Å². The van der Waals surface area contributed by atoms with Gasteiger partial charge in [0.25, 0.3) is 0 Å². The molecule has 23 heavy (non-hydrogen) atoms. The van der Waals surface area contributed by atoms with Crippen LogP contribution in [0.2, 0.25) is 0 Å². The Kier molecular flexibility index (Phi) is 5.43. The molecule has 0 heterocycles. The molecule has 0 radical (unpaired) electrons. The maximum Gasteiger partial charge on any atom is 0.0113 e. The highest BCUT2D eigenvalue weighted by Gasteiger charge is 2.05.